The molecule has 1 aliphatic heterocycles. The average Bonchev–Trinajstić information content (AvgIpc) is 2.85. The fourth-order valence-corrected chi connectivity index (χ4v) is 2.61. The largest absolute Gasteiger partial charge is 0.493 e. The number of nitrogens with zero attached hydrogens (tertiary/aromatic N) is 2. The van der Waals surface area contributed by atoms with Gasteiger partial charge < -0.3 is 10.1 Å². The standard InChI is InChI=1S/C13H12BrN3O/c14-11-5-9-2-4-18-13(9)10(6-11)7-16-12-1-3-15-8-17-12/h1,3,5-6,8H,2,4,7H2,(H,15,16,17). The van der Waals surface area contributed by atoms with E-state index in [-0.39, 0.29) is 0 Å². The van der Waals surface area contributed by atoms with E-state index in [9.17, 15) is 0 Å². The van der Waals surface area contributed by atoms with Gasteiger partial charge in [0.15, 0.2) is 0 Å². The number of ether oxygens (including phenoxy) is 1. The monoisotopic (exact) mass is 305 g/mol. The Hall–Kier alpha value is -1.62. The summed E-state index contributed by atoms with van der Waals surface area (Å²) in [4.78, 5) is 8.02. The smallest absolute Gasteiger partial charge is 0.129 e. The van der Waals surface area contributed by atoms with E-state index in [4.69, 9.17) is 4.74 Å². The van der Waals surface area contributed by atoms with Crippen molar-refractivity contribution in [2.75, 3.05) is 11.9 Å². The second kappa shape index (κ2) is 4.94. The molecule has 5 heteroatoms. The SMILES string of the molecule is Brc1cc2c(c(CNc3ccncn3)c1)OCC2. The number of fused-ring (bicyclic) bond motifs is 1. The van der Waals surface area contributed by atoms with Crippen molar-refractivity contribution in [3.8, 4) is 5.75 Å². The van der Waals surface area contributed by atoms with Crippen molar-refractivity contribution in [3.05, 3.63) is 46.3 Å². The third-order valence-electron chi connectivity index (χ3n) is 2.87. The fraction of sp³-hybridized carbons (Fsp3) is 0.231. The van der Waals surface area contributed by atoms with Gasteiger partial charge in [0, 0.05) is 29.2 Å². The summed E-state index contributed by atoms with van der Waals surface area (Å²) in [6.07, 6.45) is 4.23. The first-order valence-corrected chi connectivity index (χ1v) is 6.56. The number of hydrogen-bond acceptors (Lipinski definition) is 4. The number of hydrogen-bond donors (Lipinski definition) is 1. The Labute approximate surface area is 114 Å². The van der Waals surface area contributed by atoms with E-state index in [1.165, 1.54) is 11.9 Å². The van der Waals surface area contributed by atoms with Gasteiger partial charge in [-0.05, 0) is 23.8 Å². The summed E-state index contributed by atoms with van der Waals surface area (Å²) in [5, 5.41) is 3.27. The van der Waals surface area contributed by atoms with Gasteiger partial charge in [-0.3, -0.25) is 0 Å². The molecular weight excluding hydrogens is 294 g/mol. The van der Waals surface area contributed by atoms with Crippen molar-refractivity contribution >= 4 is 21.7 Å². The van der Waals surface area contributed by atoms with Crippen molar-refractivity contribution in [3.63, 3.8) is 0 Å². The summed E-state index contributed by atoms with van der Waals surface area (Å²) in [7, 11) is 0. The van der Waals surface area contributed by atoms with Crippen LogP contribution in [0, 0.1) is 0 Å². The molecule has 0 bridgehead atoms. The first-order valence-electron chi connectivity index (χ1n) is 5.77. The number of halogens is 1. The third kappa shape index (κ3) is 2.31. The molecule has 1 aromatic heterocycles. The second-order valence-electron chi connectivity index (χ2n) is 4.10. The Kier molecular flexibility index (Phi) is 3.15. The molecule has 4 nitrogen and oxygen atoms in total. The molecule has 0 atom stereocenters. The van der Waals surface area contributed by atoms with E-state index in [0.29, 0.717) is 6.54 Å². The van der Waals surface area contributed by atoms with Crippen LogP contribution in [0.3, 0.4) is 0 Å². The molecule has 0 saturated heterocycles. The summed E-state index contributed by atoms with van der Waals surface area (Å²) in [5.41, 5.74) is 2.42. The summed E-state index contributed by atoms with van der Waals surface area (Å²) >= 11 is 3.53. The van der Waals surface area contributed by atoms with E-state index in [1.807, 2.05) is 6.07 Å². The Morgan fingerprint density at radius 3 is 3.17 bits per heavy atom. The van der Waals surface area contributed by atoms with Gasteiger partial charge in [-0.15, -0.1) is 0 Å². The molecule has 0 fully saturated rings. The molecule has 0 saturated carbocycles. The minimum atomic E-state index is 0.693. The number of nitrogens with one attached hydrogen (secondary N) is 1. The van der Waals surface area contributed by atoms with Gasteiger partial charge in [-0.1, -0.05) is 15.9 Å². The summed E-state index contributed by atoms with van der Waals surface area (Å²) in [6, 6.07) is 6.05. The first kappa shape index (κ1) is 11.5. The van der Waals surface area contributed by atoms with E-state index in [1.54, 1.807) is 6.20 Å². The van der Waals surface area contributed by atoms with Crippen molar-refractivity contribution in [1.82, 2.24) is 9.97 Å². The van der Waals surface area contributed by atoms with Crippen LogP contribution in [0.25, 0.3) is 0 Å². The summed E-state index contributed by atoms with van der Waals surface area (Å²) < 4.78 is 6.77. The topological polar surface area (TPSA) is 47.0 Å². The molecule has 2 heterocycles. The summed E-state index contributed by atoms with van der Waals surface area (Å²) in [5.74, 6) is 1.83. The van der Waals surface area contributed by atoms with Crippen molar-refractivity contribution in [2.45, 2.75) is 13.0 Å². The molecule has 0 unspecified atom stereocenters. The molecule has 1 aromatic carbocycles. The Bertz CT molecular complexity index is 560. The highest BCUT2D eigenvalue weighted by Gasteiger charge is 2.17. The minimum Gasteiger partial charge on any atom is -0.493 e. The average molecular weight is 306 g/mol. The van der Waals surface area contributed by atoms with Crippen LogP contribution >= 0.6 is 15.9 Å². The van der Waals surface area contributed by atoms with Crippen LogP contribution in [0.4, 0.5) is 5.82 Å². The maximum Gasteiger partial charge on any atom is 0.129 e. The maximum atomic E-state index is 5.68. The Morgan fingerprint density at radius 2 is 2.33 bits per heavy atom. The second-order valence-corrected chi connectivity index (χ2v) is 5.02. The van der Waals surface area contributed by atoms with Gasteiger partial charge in [0.05, 0.1) is 6.61 Å². The first-order chi connectivity index (χ1) is 8.83. The zero-order valence-corrected chi connectivity index (χ0v) is 11.3. The lowest BCUT2D eigenvalue weighted by Gasteiger charge is -2.10. The van der Waals surface area contributed by atoms with Crippen LogP contribution in [-0.4, -0.2) is 16.6 Å². The van der Waals surface area contributed by atoms with Crippen molar-refractivity contribution < 1.29 is 4.74 Å². The third-order valence-corrected chi connectivity index (χ3v) is 3.33. The van der Waals surface area contributed by atoms with Crippen molar-refractivity contribution in [1.29, 1.82) is 0 Å². The van der Waals surface area contributed by atoms with Crippen LogP contribution in [0.1, 0.15) is 11.1 Å². The molecule has 3 rings (SSSR count). The van der Waals surface area contributed by atoms with Crippen LogP contribution in [0.2, 0.25) is 0 Å². The van der Waals surface area contributed by atoms with Gasteiger partial charge in [0.25, 0.3) is 0 Å². The lowest BCUT2D eigenvalue weighted by Crippen LogP contribution is -2.03. The highest BCUT2D eigenvalue weighted by molar-refractivity contribution is 9.10. The molecule has 18 heavy (non-hydrogen) atoms. The number of rotatable bonds is 3. The zero-order chi connectivity index (χ0) is 12.4. The minimum absolute atomic E-state index is 0.693. The Morgan fingerprint density at radius 1 is 1.39 bits per heavy atom. The van der Waals surface area contributed by atoms with E-state index in [2.05, 4.69) is 43.3 Å². The van der Waals surface area contributed by atoms with E-state index in [0.717, 1.165) is 34.6 Å². The molecule has 0 radical (unpaired) electrons. The fourth-order valence-electron chi connectivity index (χ4n) is 2.06. The van der Waals surface area contributed by atoms with Crippen LogP contribution in [0.15, 0.2) is 35.2 Å². The number of anilines is 1. The predicted molar refractivity (Wildman–Crippen MR) is 72.7 cm³/mol. The molecule has 1 N–H and O–H groups in total. The van der Waals surface area contributed by atoms with Gasteiger partial charge in [0.2, 0.25) is 0 Å². The van der Waals surface area contributed by atoms with Crippen LogP contribution in [-0.2, 0) is 13.0 Å². The van der Waals surface area contributed by atoms with Crippen LogP contribution < -0.4 is 10.1 Å². The quantitative estimate of drug-likeness (QED) is 0.947. The lowest BCUT2D eigenvalue weighted by molar-refractivity contribution is 0.354. The highest BCUT2D eigenvalue weighted by atomic mass is 79.9. The molecule has 1 aliphatic rings. The Balaban J connectivity index is 1.81. The maximum absolute atomic E-state index is 5.68. The van der Waals surface area contributed by atoms with Gasteiger partial charge >= 0.3 is 0 Å². The van der Waals surface area contributed by atoms with Crippen LogP contribution in [0.5, 0.6) is 5.75 Å². The molecule has 0 amide bonds. The van der Waals surface area contributed by atoms with Gasteiger partial charge in [-0.25, -0.2) is 9.97 Å². The molecule has 2 aromatic rings. The normalized spacial score (nSPS) is 12.9. The highest BCUT2D eigenvalue weighted by Crippen LogP contribution is 2.33. The molecule has 0 spiro atoms. The molecule has 0 aliphatic carbocycles. The van der Waals surface area contributed by atoms with Crippen molar-refractivity contribution in [2.24, 2.45) is 0 Å². The van der Waals surface area contributed by atoms with Gasteiger partial charge in [0.1, 0.15) is 17.9 Å². The molecule has 92 valence electrons. The van der Waals surface area contributed by atoms with E-state index >= 15 is 0 Å². The lowest BCUT2D eigenvalue weighted by atomic mass is 10.1. The zero-order valence-electron chi connectivity index (χ0n) is 9.69. The number of benzene rings is 1. The predicted octanol–water partition coefficient (Wildman–Crippen LogP) is 2.79. The molecular formula is C13H12BrN3O. The number of aromatic nitrogens is 2. The van der Waals surface area contributed by atoms with Gasteiger partial charge in [-0.2, -0.15) is 0 Å². The van der Waals surface area contributed by atoms with E-state index < -0.39 is 0 Å². The summed E-state index contributed by atoms with van der Waals surface area (Å²) in [6.45, 7) is 1.46.